The SMILES string of the molecule is CCOC(=O)c1sc(NC(=O)Cc2cccc(F)c2)cc1C. The topological polar surface area (TPSA) is 55.4 Å². The maximum atomic E-state index is 13.1. The maximum Gasteiger partial charge on any atom is 0.348 e. The molecule has 0 aliphatic carbocycles. The second-order valence-electron chi connectivity index (χ2n) is 4.70. The number of benzene rings is 1. The first-order chi connectivity index (χ1) is 10.5. The maximum absolute atomic E-state index is 13.1. The van der Waals surface area contributed by atoms with Crippen LogP contribution >= 0.6 is 11.3 Å². The third-order valence-corrected chi connectivity index (χ3v) is 4.03. The van der Waals surface area contributed by atoms with Gasteiger partial charge in [-0.1, -0.05) is 12.1 Å². The molecule has 1 amide bonds. The number of halogens is 1. The Morgan fingerprint density at radius 3 is 2.77 bits per heavy atom. The van der Waals surface area contributed by atoms with Crippen molar-refractivity contribution in [1.29, 1.82) is 0 Å². The number of anilines is 1. The van der Waals surface area contributed by atoms with E-state index in [0.717, 1.165) is 5.56 Å². The number of nitrogens with one attached hydrogen (secondary N) is 1. The highest BCUT2D eigenvalue weighted by atomic mass is 32.1. The number of amides is 1. The van der Waals surface area contributed by atoms with Crippen LogP contribution in [0.2, 0.25) is 0 Å². The minimum absolute atomic E-state index is 0.0729. The van der Waals surface area contributed by atoms with Crippen molar-refractivity contribution in [3.8, 4) is 0 Å². The largest absolute Gasteiger partial charge is 0.462 e. The molecule has 1 heterocycles. The smallest absolute Gasteiger partial charge is 0.348 e. The fourth-order valence-corrected chi connectivity index (χ4v) is 2.94. The Hall–Kier alpha value is -2.21. The van der Waals surface area contributed by atoms with E-state index in [2.05, 4.69) is 5.32 Å². The van der Waals surface area contributed by atoms with Crippen molar-refractivity contribution in [3.63, 3.8) is 0 Å². The van der Waals surface area contributed by atoms with Gasteiger partial charge >= 0.3 is 5.97 Å². The molecule has 6 heteroatoms. The zero-order valence-electron chi connectivity index (χ0n) is 12.3. The van der Waals surface area contributed by atoms with Crippen LogP contribution in [-0.4, -0.2) is 18.5 Å². The summed E-state index contributed by atoms with van der Waals surface area (Å²) in [5.41, 5.74) is 1.35. The summed E-state index contributed by atoms with van der Waals surface area (Å²) in [6.07, 6.45) is 0.0729. The predicted octanol–water partition coefficient (Wildman–Crippen LogP) is 3.55. The van der Waals surface area contributed by atoms with Gasteiger partial charge in [-0.2, -0.15) is 0 Å². The van der Waals surface area contributed by atoms with E-state index < -0.39 is 5.97 Å². The molecule has 4 nitrogen and oxygen atoms in total. The third kappa shape index (κ3) is 4.14. The van der Waals surface area contributed by atoms with E-state index in [9.17, 15) is 14.0 Å². The van der Waals surface area contributed by atoms with Crippen LogP contribution in [-0.2, 0) is 16.0 Å². The van der Waals surface area contributed by atoms with Crippen molar-refractivity contribution >= 4 is 28.2 Å². The molecule has 0 atom stereocenters. The molecule has 1 aromatic heterocycles. The molecule has 2 rings (SSSR count). The molecule has 2 aromatic rings. The first kappa shape index (κ1) is 16.2. The van der Waals surface area contributed by atoms with Gasteiger partial charge in [0, 0.05) is 0 Å². The summed E-state index contributed by atoms with van der Waals surface area (Å²) in [5, 5.41) is 3.29. The number of ether oxygens (including phenoxy) is 1. The van der Waals surface area contributed by atoms with E-state index >= 15 is 0 Å². The summed E-state index contributed by atoms with van der Waals surface area (Å²) in [7, 11) is 0. The van der Waals surface area contributed by atoms with Gasteiger partial charge < -0.3 is 10.1 Å². The molecule has 1 N–H and O–H groups in total. The lowest BCUT2D eigenvalue weighted by Crippen LogP contribution is -2.13. The number of rotatable bonds is 5. The lowest BCUT2D eigenvalue weighted by molar-refractivity contribution is -0.115. The molecular weight excluding hydrogens is 305 g/mol. The van der Waals surface area contributed by atoms with Gasteiger partial charge in [-0.15, -0.1) is 11.3 Å². The Kier molecular flexibility index (Phi) is 5.27. The first-order valence-electron chi connectivity index (χ1n) is 6.81. The zero-order chi connectivity index (χ0) is 16.1. The van der Waals surface area contributed by atoms with E-state index in [0.29, 0.717) is 22.0 Å². The van der Waals surface area contributed by atoms with Gasteiger partial charge in [0.05, 0.1) is 18.0 Å². The molecule has 0 radical (unpaired) electrons. The molecule has 0 fully saturated rings. The molecular formula is C16H16FNO3S. The fraction of sp³-hybridized carbons (Fsp3) is 0.250. The van der Waals surface area contributed by atoms with Gasteiger partial charge in [0.25, 0.3) is 0 Å². The van der Waals surface area contributed by atoms with E-state index in [1.165, 1.54) is 23.5 Å². The van der Waals surface area contributed by atoms with E-state index in [1.807, 2.05) is 0 Å². The lowest BCUT2D eigenvalue weighted by Gasteiger charge is -2.03. The molecule has 0 unspecified atom stereocenters. The zero-order valence-corrected chi connectivity index (χ0v) is 13.1. The Balaban J connectivity index is 2.03. The number of carbonyl (C=O) groups is 2. The Labute approximate surface area is 131 Å². The van der Waals surface area contributed by atoms with E-state index in [1.54, 1.807) is 32.0 Å². The van der Waals surface area contributed by atoms with Crippen LogP contribution in [0.3, 0.4) is 0 Å². The van der Waals surface area contributed by atoms with Crippen LogP contribution in [0.15, 0.2) is 30.3 Å². The average Bonchev–Trinajstić information content (AvgIpc) is 2.79. The highest BCUT2D eigenvalue weighted by molar-refractivity contribution is 7.18. The molecule has 0 bridgehead atoms. The number of hydrogen-bond donors (Lipinski definition) is 1. The molecule has 0 aliphatic rings. The monoisotopic (exact) mass is 321 g/mol. The number of esters is 1. The minimum atomic E-state index is -0.393. The van der Waals surface area contributed by atoms with Gasteiger partial charge in [0.1, 0.15) is 10.7 Å². The van der Waals surface area contributed by atoms with Gasteiger partial charge in [-0.25, -0.2) is 9.18 Å². The van der Waals surface area contributed by atoms with Crippen molar-refractivity contribution in [2.45, 2.75) is 20.3 Å². The highest BCUT2D eigenvalue weighted by Gasteiger charge is 2.16. The molecule has 1 aromatic carbocycles. The van der Waals surface area contributed by atoms with Crippen molar-refractivity contribution in [3.05, 3.63) is 52.2 Å². The van der Waals surface area contributed by atoms with Gasteiger partial charge in [0.15, 0.2) is 0 Å². The summed E-state index contributed by atoms with van der Waals surface area (Å²) < 4.78 is 18.0. The second-order valence-corrected chi connectivity index (χ2v) is 5.75. The van der Waals surface area contributed by atoms with Crippen molar-refractivity contribution < 1.29 is 18.7 Å². The highest BCUT2D eigenvalue weighted by Crippen LogP contribution is 2.27. The first-order valence-corrected chi connectivity index (χ1v) is 7.63. The van der Waals surface area contributed by atoms with Crippen molar-refractivity contribution in [2.24, 2.45) is 0 Å². The Morgan fingerprint density at radius 1 is 1.32 bits per heavy atom. The molecule has 0 saturated heterocycles. The van der Waals surface area contributed by atoms with E-state index in [4.69, 9.17) is 4.74 Å². The number of hydrogen-bond acceptors (Lipinski definition) is 4. The van der Waals surface area contributed by atoms with Crippen molar-refractivity contribution in [1.82, 2.24) is 0 Å². The molecule has 0 saturated carbocycles. The molecule has 116 valence electrons. The lowest BCUT2D eigenvalue weighted by atomic mass is 10.1. The van der Waals surface area contributed by atoms with E-state index in [-0.39, 0.29) is 18.1 Å². The van der Waals surface area contributed by atoms with Gasteiger partial charge in [-0.05, 0) is 43.2 Å². The number of thiophene rings is 1. The van der Waals surface area contributed by atoms with Crippen LogP contribution < -0.4 is 5.32 Å². The van der Waals surface area contributed by atoms with Crippen LogP contribution in [0.25, 0.3) is 0 Å². The van der Waals surface area contributed by atoms with Crippen molar-refractivity contribution in [2.75, 3.05) is 11.9 Å². The number of aryl methyl sites for hydroxylation is 1. The average molecular weight is 321 g/mol. The standard InChI is InChI=1S/C16H16FNO3S/c1-3-21-16(20)15-10(2)7-14(22-15)18-13(19)9-11-5-4-6-12(17)8-11/h4-8H,3,9H2,1-2H3,(H,18,19). The second kappa shape index (κ2) is 7.17. The molecule has 0 spiro atoms. The van der Waals surface area contributed by atoms with Crippen LogP contribution in [0.1, 0.15) is 27.7 Å². The summed E-state index contributed by atoms with van der Waals surface area (Å²) in [5.74, 6) is -1.03. The summed E-state index contributed by atoms with van der Waals surface area (Å²) >= 11 is 1.17. The quantitative estimate of drug-likeness (QED) is 0.857. The minimum Gasteiger partial charge on any atom is -0.462 e. The van der Waals surface area contributed by atoms with Crippen LogP contribution in [0.5, 0.6) is 0 Å². The predicted molar refractivity (Wildman–Crippen MR) is 83.7 cm³/mol. The Bertz CT molecular complexity index is 696. The van der Waals surface area contributed by atoms with Gasteiger partial charge in [0.2, 0.25) is 5.91 Å². The number of carbonyl (C=O) groups excluding carboxylic acids is 2. The third-order valence-electron chi connectivity index (χ3n) is 2.89. The summed E-state index contributed by atoms with van der Waals surface area (Å²) in [4.78, 5) is 24.2. The normalized spacial score (nSPS) is 10.3. The van der Waals surface area contributed by atoms with Crippen LogP contribution in [0, 0.1) is 12.7 Å². The van der Waals surface area contributed by atoms with Gasteiger partial charge in [-0.3, -0.25) is 4.79 Å². The molecule has 0 aliphatic heterocycles. The summed E-state index contributed by atoms with van der Waals surface area (Å²) in [6, 6.07) is 7.62. The van der Waals surface area contributed by atoms with Crippen LogP contribution in [0.4, 0.5) is 9.39 Å². The Morgan fingerprint density at radius 2 is 2.09 bits per heavy atom. The molecule has 22 heavy (non-hydrogen) atoms. The fourth-order valence-electron chi connectivity index (χ4n) is 1.96. The summed E-state index contributed by atoms with van der Waals surface area (Å²) in [6.45, 7) is 3.82.